The van der Waals surface area contributed by atoms with E-state index in [-0.39, 0.29) is 17.3 Å². The maximum absolute atomic E-state index is 12.0. The first-order valence-corrected chi connectivity index (χ1v) is 7.49. The summed E-state index contributed by atoms with van der Waals surface area (Å²) in [7, 11) is 0. The van der Waals surface area contributed by atoms with Gasteiger partial charge in [-0.05, 0) is 39.3 Å². The van der Waals surface area contributed by atoms with Crippen molar-refractivity contribution in [3.05, 3.63) is 34.0 Å². The summed E-state index contributed by atoms with van der Waals surface area (Å²) >= 11 is 1.72. The fourth-order valence-corrected chi connectivity index (χ4v) is 2.54. The highest BCUT2D eigenvalue weighted by molar-refractivity contribution is 7.11. The first kappa shape index (κ1) is 14.7. The molecule has 1 N–H and O–H groups in total. The predicted octanol–water partition coefficient (Wildman–Crippen LogP) is 2.59. The van der Waals surface area contributed by atoms with E-state index < -0.39 is 0 Å². The first-order valence-electron chi connectivity index (χ1n) is 6.68. The van der Waals surface area contributed by atoms with Crippen LogP contribution in [-0.2, 0) is 18.5 Å². The van der Waals surface area contributed by atoms with Crippen molar-refractivity contribution < 1.29 is 4.79 Å². The molecule has 0 saturated heterocycles. The lowest BCUT2D eigenvalue weighted by Crippen LogP contribution is -2.26. The highest BCUT2D eigenvalue weighted by Gasteiger charge is 2.18. The fourth-order valence-electron chi connectivity index (χ4n) is 1.64. The number of carbonyl (C=O) groups is 1. The summed E-state index contributed by atoms with van der Waals surface area (Å²) in [6.07, 6.45) is 2.62. The summed E-state index contributed by atoms with van der Waals surface area (Å²) in [5.41, 5.74) is -0.171. The van der Waals surface area contributed by atoms with Gasteiger partial charge in [0.05, 0.1) is 12.1 Å². The second kappa shape index (κ2) is 5.75. The number of hydrogen-bond acceptors (Lipinski definition) is 4. The Morgan fingerprint density at radius 3 is 2.60 bits per heavy atom. The molecule has 0 aliphatic rings. The Hall–Kier alpha value is -1.69. The maximum Gasteiger partial charge on any atom is 0.291 e. The van der Waals surface area contributed by atoms with Gasteiger partial charge in [0.2, 0.25) is 5.82 Å². The van der Waals surface area contributed by atoms with Crippen LogP contribution in [0.1, 0.15) is 48.1 Å². The lowest BCUT2D eigenvalue weighted by atomic mass is 10.1. The Kier molecular flexibility index (Phi) is 4.23. The van der Waals surface area contributed by atoms with Gasteiger partial charge in [-0.3, -0.25) is 4.79 Å². The van der Waals surface area contributed by atoms with Crippen LogP contribution >= 0.6 is 11.3 Å². The number of aryl methyl sites for hydroxylation is 1. The van der Waals surface area contributed by atoms with Crippen molar-refractivity contribution in [3.63, 3.8) is 0 Å². The normalized spacial score (nSPS) is 11.6. The van der Waals surface area contributed by atoms with Gasteiger partial charge in [0.15, 0.2) is 0 Å². The molecule has 0 bridgehead atoms. The lowest BCUT2D eigenvalue weighted by molar-refractivity contribution is 0.0940. The zero-order valence-electron chi connectivity index (χ0n) is 12.3. The standard InChI is InChI=1S/C14H20N4OS/c1-5-10-6-7-11(20-10)8-15-13(19)12-16-9-18(17-12)14(2,3)4/h6-7,9H,5,8H2,1-4H3,(H,15,19). The highest BCUT2D eigenvalue weighted by atomic mass is 32.1. The molecule has 0 radical (unpaired) electrons. The summed E-state index contributed by atoms with van der Waals surface area (Å²) in [6, 6.07) is 4.14. The molecule has 0 saturated carbocycles. The van der Waals surface area contributed by atoms with Crippen LogP contribution in [0.25, 0.3) is 0 Å². The molecule has 0 unspecified atom stereocenters. The zero-order chi connectivity index (χ0) is 14.8. The number of nitrogens with zero attached hydrogens (tertiary/aromatic N) is 3. The molecule has 6 heteroatoms. The average molecular weight is 292 g/mol. The van der Waals surface area contributed by atoms with Gasteiger partial charge in [0, 0.05) is 9.75 Å². The molecule has 2 aromatic rings. The summed E-state index contributed by atoms with van der Waals surface area (Å²) in [6.45, 7) is 8.69. The highest BCUT2D eigenvalue weighted by Crippen LogP contribution is 2.16. The van der Waals surface area contributed by atoms with Gasteiger partial charge in [-0.2, -0.15) is 0 Å². The summed E-state index contributed by atoms with van der Waals surface area (Å²) < 4.78 is 1.70. The van der Waals surface area contributed by atoms with E-state index >= 15 is 0 Å². The van der Waals surface area contributed by atoms with Crippen LogP contribution in [0.15, 0.2) is 18.5 Å². The zero-order valence-corrected chi connectivity index (χ0v) is 13.1. The largest absolute Gasteiger partial charge is 0.344 e. The minimum Gasteiger partial charge on any atom is -0.344 e. The second-order valence-electron chi connectivity index (χ2n) is 5.59. The van der Waals surface area contributed by atoms with E-state index in [1.807, 2.05) is 26.8 Å². The van der Waals surface area contributed by atoms with Crippen LogP contribution in [0.4, 0.5) is 0 Å². The smallest absolute Gasteiger partial charge is 0.291 e. The summed E-state index contributed by atoms with van der Waals surface area (Å²) in [4.78, 5) is 18.5. The molecule has 20 heavy (non-hydrogen) atoms. The van der Waals surface area contributed by atoms with E-state index in [1.165, 1.54) is 4.88 Å². The van der Waals surface area contributed by atoms with Gasteiger partial charge in [-0.15, -0.1) is 16.4 Å². The van der Waals surface area contributed by atoms with Gasteiger partial charge in [0.1, 0.15) is 6.33 Å². The number of thiophene rings is 1. The molecule has 0 aliphatic carbocycles. The van der Waals surface area contributed by atoms with Crippen molar-refractivity contribution in [2.75, 3.05) is 0 Å². The van der Waals surface area contributed by atoms with Crippen LogP contribution < -0.4 is 5.32 Å². The number of amides is 1. The second-order valence-corrected chi connectivity index (χ2v) is 6.84. The van der Waals surface area contributed by atoms with E-state index in [9.17, 15) is 4.79 Å². The maximum atomic E-state index is 12.0. The third-order valence-electron chi connectivity index (χ3n) is 2.87. The molecular formula is C14H20N4OS. The number of aromatic nitrogens is 3. The molecule has 0 fully saturated rings. The van der Waals surface area contributed by atoms with Crippen LogP contribution in [0.2, 0.25) is 0 Å². The van der Waals surface area contributed by atoms with Crippen LogP contribution in [0.3, 0.4) is 0 Å². The number of hydrogen-bond donors (Lipinski definition) is 1. The fraction of sp³-hybridized carbons (Fsp3) is 0.500. The topological polar surface area (TPSA) is 59.8 Å². The quantitative estimate of drug-likeness (QED) is 0.942. The predicted molar refractivity (Wildman–Crippen MR) is 79.9 cm³/mol. The molecule has 0 atom stereocenters. The van der Waals surface area contributed by atoms with Gasteiger partial charge >= 0.3 is 0 Å². The molecule has 1 amide bonds. The molecule has 0 aromatic carbocycles. The molecular weight excluding hydrogens is 272 g/mol. The Morgan fingerprint density at radius 2 is 2.05 bits per heavy atom. The third-order valence-corrected chi connectivity index (χ3v) is 4.10. The molecule has 2 rings (SSSR count). The monoisotopic (exact) mass is 292 g/mol. The van der Waals surface area contributed by atoms with Crippen molar-refractivity contribution in [2.45, 2.75) is 46.2 Å². The molecule has 5 nitrogen and oxygen atoms in total. The summed E-state index contributed by atoms with van der Waals surface area (Å²) in [5.74, 6) is -0.0216. The van der Waals surface area contributed by atoms with Crippen molar-refractivity contribution in [1.29, 1.82) is 0 Å². The van der Waals surface area contributed by atoms with Gasteiger partial charge in [-0.25, -0.2) is 9.67 Å². The van der Waals surface area contributed by atoms with E-state index in [0.29, 0.717) is 6.54 Å². The van der Waals surface area contributed by atoms with Crippen molar-refractivity contribution in [1.82, 2.24) is 20.1 Å². The van der Waals surface area contributed by atoms with Crippen molar-refractivity contribution in [2.24, 2.45) is 0 Å². The summed E-state index contributed by atoms with van der Waals surface area (Å²) in [5, 5.41) is 7.06. The Balaban J connectivity index is 1.96. The number of carbonyl (C=O) groups excluding carboxylic acids is 1. The van der Waals surface area contributed by atoms with Crippen molar-refractivity contribution in [3.8, 4) is 0 Å². The van der Waals surface area contributed by atoms with E-state index in [4.69, 9.17) is 0 Å². The van der Waals surface area contributed by atoms with Crippen LogP contribution in [0.5, 0.6) is 0 Å². The first-order chi connectivity index (χ1) is 9.40. The molecule has 2 heterocycles. The van der Waals surface area contributed by atoms with Crippen molar-refractivity contribution >= 4 is 17.2 Å². The van der Waals surface area contributed by atoms with Gasteiger partial charge in [-0.1, -0.05) is 6.92 Å². The Labute approximate surface area is 123 Å². The van der Waals surface area contributed by atoms with Gasteiger partial charge in [0.25, 0.3) is 5.91 Å². The Bertz CT molecular complexity index is 594. The van der Waals surface area contributed by atoms with Crippen LogP contribution in [-0.4, -0.2) is 20.7 Å². The SMILES string of the molecule is CCc1ccc(CNC(=O)c2ncn(C(C)(C)C)n2)s1. The van der Waals surface area contributed by atoms with Crippen LogP contribution in [0, 0.1) is 0 Å². The van der Waals surface area contributed by atoms with E-state index in [1.54, 1.807) is 22.3 Å². The Morgan fingerprint density at radius 1 is 1.35 bits per heavy atom. The number of rotatable bonds is 4. The number of nitrogens with one attached hydrogen (secondary N) is 1. The third kappa shape index (κ3) is 3.45. The molecule has 0 spiro atoms. The lowest BCUT2D eigenvalue weighted by Gasteiger charge is -2.17. The minimum absolute atomic E-state index is 0.171. The molecule has 0 aliphatic heterocycles. The van der Waals surface area contributed by atoms with E-state index in [2.05, 4.69) is 28.4 Å². The van der Waals surface area contributed by atoms with E-state index in [0.717, 1.165) is 11.3 Å². The minimum atomic E-state index is -0.237. The van der Waals surface area contributed by atoms with Gasteiger partial charge < -0.3 is 5.32 Å². The average Bonchev–Trinajstić information content (AvgIpc) is 3.04. The molecule has 108 valence electrons. The molecule has 2 aromatic heterocycles.